The second kappa shape index (κ2) is 6.94. The van der Waals surface area contributed by atoms with E-state index in [9.17, 15) is 17.8 Å². The molecule has 0 amide bonds. The molecule has 8 nitrogen and oxygen atoms in total. The third kappa shape index (κ3) is 4.18. The van der Waals surface area contributed by atoms with Gasteiger partial charge in [0.25, 0.3) is 0 Å². The molecule has 10 heteroatoms. The molecule has 0 saturated heterocycles. The average Bonchev–Trinajstić information content (AvgIpc) is 2.96. The number of benzene rings is 1. The molecule has 0 aliphatic rings. The number of aromatic nitrogens is 1. The largest absolute Gasteiger partial charge is 0.496 e. The van der Waals surface area contributed by atoms with Gasteiger partial charge in [-0.1, -0.05) is 18.2 Å². The summed E-state index contributed by atoms with van der Waals surface area (Å²) < 4.78 is 38.3. The zero-order valence-electron chi connectivity index (χ0n) is 12.0. The van der Waals surface area contributed by atoms with Gasteiger partial charge in [-0.2, -0.15) is 8.42 Å². The second-order valence-corrected chi connectivity index (χ2v) is 6.61. The van der Waals surface area contributed by atoms with Crippen molar-refractivity contribution in [3.8, 4) is 5.75 Å². The Bertz CT molecular complexity index is 802. The Morgan fingerprint density at radius 3 is 2.65 bits per heavy atom. The number of hydrogen-bond acceptors (Lipinski definition) is 6. The van der Waals surface area contributed by atoms with Crippen molar-refractivity contribution in [3.63, 3.8) is 0 Å². The molecule has 2 aromatic rings. The van der Waals surface area contributed by atoms with E-state index in [0.29, 0.717) is 10.1 Å². The Morgan fingerprint density at radius 1 is 1.39 bits per heavy atom. The standard InChI is InChI=1S/C13H14N2O6S2/c1-21-11-5-3-2-4-9(11)6-7-15(23(18,19)20)13-14-10(8-22-13)12(16)17/h2-5,8H,6-7H2,1H3,(H,16,17)(H,18,19,20). The normalized spacial score (nSPS) is 11.2. The predicted molar refractivity (Wildman–Crippen MR) is 84.7 cm³/mol. The van der Waals surface area contributed by atoms with Crippen molar-refractivity contribution in [1.82, 2.24) is 4.98 Å². The predicted octanol–water partition coefficient (Wildman–Crippen LogP) is 1.70. The van der Waals surface area contributed by atoms with E-state index in [1.165, 1.54) is 12.5 Å². The maximum atomic E-state index is 11.6. The highest BCUT2D eigenvalue weighted by molar-refractivity contribution is 7.87. The van der Waals surface area contributed by atoms with Gasteiger partial charge < -0.3 is 9.84 Å². The monoisotopic (exact) mass is 358 g/mol. The number of aromatic carboxylic acids is 1. The summed E-state index contributed by atoms with van der Waals surface area (Å²) >= 11 is 0.822. The van der Waals surface area contributed by atoms with Crippen molar-refractivity contribution in [2.75, 3.05) is 18.0 Å². The van der Waals surface area contributed by atoms with Gasteiger partial charge in [0.1, 0.15) is 5.75 Å². The van der Waals surface area contributed by atoms with Gasteiger partial charge in [-0.15, -0.1) is 11.3 Å². The molecule has 0 spiro atoms. The van der Waals surface area contributed by atoms with Crippen LogP contribution in [0.15, 0.2) is 29.6 Å². The molecule has 1 aromatic carbocycles. The van der Waals surface area contributed by atoms with Crippen LogP contribution in [0.1, 0.15) is 16.1 Å². The van der Waals surface area contributed by atoms with Crippen LogP contribution in [0.25, 0.3) is 0 Å². The first kappa shape index (κ1) is 17.2. The first-order valence-corrected chi connectivity index (χ1v) is 8.66. The number of nitrogens with zero attached hydrogens (tertiary/aromatic N) is 2. The average molecular weight is 358 g/mol. The minimum absolute atomic E-state index is 0.105. The van der Waals surface area contributed by atoms with Crippen LogP contribution < -0.4 is 9.04 Å². The van der Waals surface area contributed by atoms with E-state index in [1.807, 2.05) is 0 Å². The zero-order chi connectivity index (χ0) is 17.0. The quantitative estimate of drug-likeness (QED) is 0.723. The zero-order valence-corrected chi connectivity index (χ0v) is 13.7. The van der Waals surface area contributed by atoms with Crippen LogP contribution in [0.5, 0.6) is 5.75 Å². The van der Waals surface area contributed by atoms with Gasteiger partial charge in [-0.25, -0.2) is 14.1 Å². The van der Waals surface area contributed by atoms with Crippen LogP contribution in [0, 0.1) is 0 Å². The second-order valence-electron chi connectivity index (χ2n) is 4.43. The number of ether oxygens (including phenoxy) is 1. The molecule has 0 unspecified atom stereocenters. The van der Waals surface area contributed by atoms with Crippen molar-refractivity contribution in [2.45, 2.75) is 6.42 Å². The van der Waals surface area contributed by atoms with Crippen molar-refractivity contribution < 1.29 is 27.6 Å². The fraction of sp³-hybridized carbons (Fsp3) is 0.231. The number of carbonyl (C=O) groups is 1. The Kier molecular flexibility index (Phi) is 5.19. The maximum absolute atomic E-state index is 11.6. The van der Waals surface area contributed by atoms with E-state index in [1.54, 1.807) is 24.3 Å². The molecule has 1 aromatic heterocycles. The fourth-order valence-corrected chi connectivity index (χ4v) is 3.62. The summed E-state index contributed by atoms with van der Waals surface area (Å²) in [5.74, 6) is -0.680. The topological polar surface area (TPSA) is 117 Å². The van der Waals surface area contributed by atoms with Crippen molar-refractivity contribution in [3.05, 3.63) is 40.9 Å². The molecule has 0 fully saturated rings. The number of hydrogen-bond donors (Lipinski definition) is 2. The highest BCUT2D eigenvalue weighted by Crippen LogP contribution is 2.25. The van der Waals surface area contributed by atoms with Crippen LogP contribution in [0.4, 0.5) is 5.13 Å². The van der Waals surface area contributed by atoms with Crippen LogP contribution >= 0.6 is 11.3 Å². The lowest BCUT2D eigenvalue weighted by Crippen LogP contribution is -2.32. The SMILES string of the molecule is COc1ccccc1CCN(c1nc(C(=O)O)cs1)S(=O)(=O)O. The van der Waals surface area contributed by atoms with Crippen LogP contribution in [0.3, 0.4) is 0 Å². The Morgan fingerprint density at radius 2 is 2.09 bits per heavy atom. The highest BCUT2D eigenvalue weighted by Gasteiger charge is 2.24. The van der Waals surface area contributed by atoms with Gasteiger partial charge in [0, 0.05) is 11.9 Å². The summed E-state index contributed by atoms with van der Waals surface area (Å²) in [6, 6.07) is 7.06. The first-order chi connectivity index (χ1) is 10.8. The van der Waals surface area contributed by atoms with E-state index in [2.05, 4.69) is 4.98 Å². The number of thiazole rings is 1. The van der Waals surface area contributed by atoms with E-state index >= 15 is 0 Å². The van der Waals surface area contributed by atoms with E-state index < -0.39 is 16.3 Å². The number of rotatable bonds is 7. The van der Waals surface area contributed by atoms with Crippen LogP contribution in [-0.4, -0.2) is 42.7 Å². The summed E-state index contributed by atoms with van der Waals surface area (Å²) in [5.41, 5.74) is 0.467. The minimum Gasteiger partial charge on any atom is -0.496 e. The Labute approximate surface area is 136 Å². The maximum Gasteiger partial charge on any atom is 0.361 e. The van der Waals surface area contributed by atoms with Gasteiger partial charge in [0.05, 0.1) is 7.11 Å². The third-order valence-corrected chi connectivity index (χ3v) is 4.87. The van der Waals surface area contributed by atoms with E-state index in [4.69, 9.17) is 9.84 Å². The molecular weight excluding hydrogens is 344 g/mol. The molecule has 23 heavy (non-hydrogen) atoms. The molecule has 0 aliphatic heterocycles. The summed E-state index contributed by atoms with van der Waals surface area (Å²) in [4.78, 5) is 14.6. The lowest BCUT2D eigenvalue weighted by atomic mass is 10.1. The van der Waals surface area contributed by atoms with Gasteiger partial charge in [0.2, 0.25) is 5.13 Å². The molecule has 2 rings (SSSR count). The number of para-hydroxylation sites is 1. The minimum atomic E-state index is -4.57. The summed E-state index contributed by atoms with van der Waals surface area (Å²) in [6.07, 6.45) is 0.256. The molecule has 0 bridgehead atoms. The summed E-state index contributed by atoms with van der Waals surface area (Å²) in [7, 11) is -3.07. The highest BCUT2D eigenvalue weighted by atomic mass is 32.2. The van der Waals surface area contributed by atoms with Crippen molar-refractivity contribution in [2.24, 2.45) is 0 Å². The summed E-state index contributed by atoms with van der Waals surface area (Å²) in [6.45, 7) is -0.105. The number of carboxylic acids is 1. The molecule has 0 atom stereocenters. The molecule has 0 radical (unpaired) electrons. The molecule has 0 aliphatic carbocycles. The summed E-state index contributed by atoms with van der Waals surface area (Å²) in [5, 5.41) is 9.95. The first-order valence-electron chi connectivity index (χ1n) is 6.39. The Balaban J connectivity index is 2.24. The number of carboxylic acid groups (broad SMARTS) is 1. The van der Waals surface area contributed by atoms with E-state index in [-0.39, 0.29) is 23.8 Å². The van der Waals surface area contributed by atoms with Crippen molar-refractivity contribution in [1.29, 1.82) is 0 Å². The lowest BCUT2D eigenvalue weighted by molar-refractivity contribution is 0.0691. The van der Waals surface area contributed by atoms with Gasteiger partial charge >= 0.3 is 16.3 Å². The Hall–Kier alpha value is -2.17. The third-order valence-electron chi connectivity index (χ3n) is 2.98. The number of anilines is 1. The molecule has 2 N–H and O–H groups in total. The molecule has 1 heterocycles. The lowest BCUT2D eigenvalue weighted by Gasteiger charge is -2.18. The van der Waals surface area contributed by atoms with Gasteiger partial charge in [0.15, 0.2) is 5.69 Å². The smallest absolute Gasteiger partial charge is 0.361 e. The van der Waals surface area contributed by atoms with Crippen LogP contribution in [-0.2, 0) is 16.7 Å². The van der Waals surface area contributed by atoms with Crippen LogP contribution in [0.2, 0.25) is 0 Å². The molecule has 124 valence electrons. The fourth-order valence-electron chi connectivity index (χ4n) is 1.92. The molecule has 0 saturated carbocycles. The molecular formula is C13H14N2O6S2. The van der Waals surface area contributed by atoms with Gasteiger partial charge in [-0.05, 0) is 18.1 Å². The van der Waals surface area contributed by atoms with E-state index in [0.717, 1.165) is 16.9 Å². The number of methoxy groups -OCH3 is 1. The van der Waals surface area contributed by atoms with Gasteiger partial charge in [-0.3, -0.25) is 4.55 Å². The van der Waals surface area contributed by atoms with Crippen molar-refractivity contribution >= 4 is 32.7 Å².